The average Bonchev–Trinajstić information content (AvgIpc) is 3.23. The van der Waals surface area contributed by atoms with E-state index in [2.05, 4.69) is 10.1 Å². The monoisotopic (exact) mass is 437 g/mol. The minimum atomic E-state index is -0.205. The van der Waals surface area contributed by atoms with Gasteiger partial charge in [-0.2, -0.15) is 5.10 Å². The van der Waals surface area contributed by atoms with E-state index in [1.807, 2.05) is 30.3 Å². The second kappa shape index (κ2) is 9.33. The van der Waals surface area contributed by atoms with E-state index >= 15 is 0 Å². The molecule has 0 saturated carbocycles. The van der Waals surface area contributed by atoms with E-state index < -0.39 is 0 Å². The van der Waals surface area contributed by atoms with Crippen molar-refractivity contribution in [2.24, 2.45) is 5.92 Å². The van der Waals surface area contributed by atoms with Crippen LogP contribution in [0.25, 0.3) is 16.7 Å². The summed E-state index contributed by atoms with van der Waals surface area (Å²) in [6.45, 7) is 5.22. The fourth-order valence-electron chi connectivity index (χ4n) is 4.12. The number of ether oxygens (including phenoxy) is 1. The summed E-state index contributed by atoms with van der Waals surface area (Å²) in [5.41, 5.74) is 1.12. The lowest BCUT2D eigenvalue weighted by atomic mass is 9.97. The number of likely N-dealkylation sites (tertiary alicyclic amines) is 1. The van der Waals surface area contributed by atoms with Crippen LogP contribution in [0.2, 0.25) is 0 Å². The Bertz CT molecular complexity index is 1180. The number of fused-ring (bicyclic) bond motifs is 1. The number of carbonyl (C=O) groups excluding carboxylic acids is 2. The normalized spacial score (nSPS) is 14.6. The first-order valence-electron chi connectivity index (χ1n) is 10.9. The molecule has 0 aliphatic carbocycles. The first-order valence-corrected chi connectivity index (χ1v) is 10.9. The zero-order chi connectivity index (χ0) is 22.7. The summed E-state index contributed by atoms with van der Waals surface area (Å²) in [4.78, 5) is 44.0. The quantitative estimate of drug-likeness (QED) is 0.548. The maximum Gasteiger partial charge on any atom is 0.309 e. The number of hydrogen-bond donors (Lipinski definition) is 0. The van der Waals surface area contributed by atoms with Crippen molar-refractivity contribution in [1.82, 2.24) is 24.2 Å². The highest BCUT2D eigenvalue weighted by Gasteiger charge is 2.28. The van der Waals surface area contributed by atoms with Crippen molar-refractivity contribution in [1.29, 1.82) is 0 Å². The van der Waals surface area contributed by atoms with Gasteiger partial charge < -0.3 is 9.64 Å². The molecule has 1 saturated heterocycles. The molecule has 0 radical (unpaired) electrons. The van der Waals surface area contributed by atoms with Crippen molar-refractivity contribution < 1.29 is 14.3 Å². The summed E-state index contributed by atoms with van der Waals surface area (Å²) in [5.74, 6) is 0.182. The van der Waals surface area contributed by atoms with Gasteiger partial charge in [-0.15, -0.1) is 0 Å². The lowest BCUT2D eigenvalue weighted by Crippen LogP contribution is -2.41. The molecule has 9 heteroatoms. The van der Waals surface area contributed by atoms with Gasteiger partial charge in [-0.1, -0.05) is 18.2 Å². The van der Waals surface area contributed by atoms with Crippen molar-refractivity contribution in [2.45, 2.75) is 39.7 Å². The Morgan fingerprint density at radius 1 is 1.16 bits per heavy atom. The van der Waals surface area contributed by atoms with Crippen molar-refractivity contribution >= 4 is 22.9 Å². The largest absolute Gasteiger partial charge is 0.466 e. The molecule has 3 heterocycles. The highest BCUT2D eigenvalue weighted by molar-refractivity contribution is 5.78. The minimum Gasteiger partial charge on any atom is -0.466 e. The molecule has 1 amide bonds. The Morgan fingerprint density at radius 3 is 2.56 bits per heavy atom. The van der Waals surface area contributed by atoms with E-state index in [1.165, 1.54) is 10.8 Å². The molecule has 0 N–H and O–H groups in total. The van der Waals surface area contributed by atoms with E-state index in [0.717, 1.165) is 5.69 Å². The summed E-state index contributed by atoms with van der Waals surface area (Å²) >= 11 is 0. The molecule has 1 aliphatic heterocycles. The standard InChI is InChI=1S/C23H27N5O4/c1-3-32-23(31)17-9-12-26(13-10-17)20(29)11-14-27-16(2)25-21-19(22(27)30)15-24-28(21)18-7-5-4-6-8-18/h4-8,15,17H,3,9-14H2,1-2H3. The van der Waals surface area contributed by atoms with Crippen LogP contribution in [-0.2, 0) is 20.9 Å². The number of piperidine rings is 1. The van der Waals surface area contributed by atoms with Gasteiger partial charge in [0.05, 0.1) is 24.4 Å². The Labute approximate surface area is 185 Å². The van der Waals surface area contributed by atoms with Gasteiger partial charge in [0.15, 0.2) is 5.65 Å². The van der Waals surface area contributed by atoms with Crippen molar-refractivity contribution in [3.8, 4) is 5.69 Å². The van der Waals surface area contributed by atoms with Crippen LogP contribution < -0.4 is 5.56 Å². The third kappa shape index (κ3) is 4.28. The lowest BCUT2D eigenvalue weighted by molar-refractivity contribution is -0.151. The third-order valence-corrected chi connectivity index (χ3v) is 5.90. The van der Waals surface area contributed by atoms with Crippen LogP contribution in [0.1, 0.15) is 32.0 Å². The number of carbonyl (C=O) groups is 2. The molecular formula is C23H27N5O4. The fraction of sp³-hybridized carbons (Fsp3) is 0.435. The van der Waals surface area contributed by atoms with Crippen LogP contribution in [0, 0.1) is 12.8 Å². The van der Waals surface area contributed by atoms with Crippen molar-refractivity contribution in [3.63, 3.8) is 0 Å². The number of aryl methyl sites for hydroxylation is 1. The van der Waals surface area contributed by atoms with Gasteiger partial charge in [0, 0.05) is 26.1 Å². The fourth-order valence-corrected chi connectivity index (χ4v) is 4.12. The van der Waals surface area contributed by atoms with Gasteiger partial charge in [0.25, 0.3) is 5.56 Å². The van der Waals surface area contributed by atoms with Gasteiger partial charge in [-0.05, 0) is 38.8 Å². The molecule has 168 valence electrons. The van der Waals surface area contributed by atoms with Gasteiger partial charge in [0.1, 0.15) is 11.2 Å². The average molecular weight is 438 g/mol. The minimum absolute atomic E-state index is 0.0290. The summed E-state index contributed by atoms with van der Waals surface area (Å²) in [7, 11) is 0. The van der Waals surface area contributed by atoms with Gasteiger partial charge in [-0.3, -0.25) is 19.0 Å². The first-order chi connectivity index (χ1) is 15.5. The van der Waals surface area contributed by atoms with E-state index in [1.54, 1.807) is 23.4 Å². The molecule has 3 aromatic rings. The van der Waals surface area contributed by atoms with E-state index in [0.29, 0.717) is 49.4 Å². The summed E-state index contributed by atoms with van der Waals surface area (Å²) in [6.07, 6.45) is 2.94. The molecule has 1 aromatic carbocycles. The molecule has 0 unspecified atom stereocenters. The molecule has 1 fully saturated rings. The topological polar surface area (TPSA) is 99.3 Å². The number of amides is 1. The van der Waals surface area contributed by atoms with Gasteiger partial charge >= 0.3 is 5.97 Å². The smallest absolute Gasteiger partial charge is 0.309 e. The van der Waals surface area contributed by atoms with E-state index in [9.17, 15) is 14.4 Å². The number of esters is 1. The summed E-state index contributed by atoms with van der Waals surface area (Å²) < 4.78 is 8.26. The Morgan fingerprint density at radius 2 is 1.88 bits per heavy atom. The summed E-state index contributed by atoms with van der Waals surface area (Å²) in [5, 5.41) is 4.76. The predicted molar refractivity (Wildman–Crippen MR) is 118 cm³/mol. The SMILES string of the molecule is CCOC(=O)C1CCN(C(=O)CCn2c(C)nc3c(cnn3-c3ccccc3)c2=O)CC1. The third-order valence-electron chi connectivity index (χ3n) is 5.90. The predicted octanol–water partition coefficient (Wildman–Crippen LogP) is 2.08. The van der Waals surface area contributed by atoms with Crippen LogP contribution >= 0.6 is 0 Å². The molecule has 32 heavy (non-hydrogen) atoms. The second-order valence-electron chi connectivity index (χ2n) is 7.90. The highest BCUT2D eigenvalue weighted by atomic mass is 16.5. The molecule has 2 aromatic heterocycles. The lowest BCUT2D eigenvalue weighted by Gasteiger charge is -2.31. The molecule has 9 nitrogen and oxygen atoms in total. The first kappa shape index (κ1) is 21.7. The zero-order valence-electron chi connectivity index (χ0n) is 18.4. The number of para-hydroxylation sites is 1. The van der Waals surface area contributed by atoms with Gasteiger partial charge in [0.2, 0.25) is 5.91 Å². The maximum absolute atomic E-state index is 13.1. The maximum atomic E-state index is 13.1. The van der Waals surface area contributed by atoms with E-state index in [-0.39, 0.29) is 36.3 Å². The molecule has 4 rings (SSSR count). The molecular weight excluding hydrogens is 410 g/mol. The van der Waals surface area contributed by atoms with Crippen molar-refractivity contribution in [3.05, 3.63) is 52.7 Å². The second-order valence-corrected chi connectivity index (χ2v) is 7.90. The van der Waals surface area contributed by atoms with Crippen LogP contribution in [0.15, 0.2) is 41.3 Å². The summed E-state index contributed by atoms with van der Waals surface area (Å²) in [6, 6.07) is 9.52. The van der Waals surface area contributed by atoms with Crippen LogP contribution in [-0.4, -0.2) is 55.8 Å². The Hall–Kier alpha value is -3.49. The molecule has 0 spiro atoms. The van der Waals surface area contributed by atoms with Crippen LogP contribution in [0.5, 0.6) is 0 Å². The van der Waals surface area contributed by atoms with Crippen LogP contribution in [0.3, 0.4) is 0 Å². The van der Waals surface area contributed by atoms with Crippen molar-refractivity contribution in [2.75, 3.05) is 19.7 Å². The van der Waals surface area contributed by atoms with Crippen LogP contribution in [0.4, 0.5) is 0 Å². The Kier molecular flexibility index (Phi) is 6.34. The molecule has 0 bridgehead atoms. The number of aromatic nitrogens is 4. The number of benzene rings is 1. The van der Waals surface area contributed by atoms with Gasteiger partial charge in [-0.25, -0.2) is 9.67 Å². The highest BCUT2D eigenvalue weighted by Crippen LogP contribution is 2.20. The Balaban J connectivity index is 1.44. The number of nitrogens with zero attached hydrogens (tertiary/aromatic N) is 5. The number of rotatable bonds is 6. The van der Waals surface area contributed by atoms with E-state index in [4.69, 9.17) is 4.74 Å². The number of hydrogen-bond acceptors (Lipinski definition) is 6. The zero-order valence-corrected chi connectivity index (χ0v) is 18.4. The molecule has 1 aliphatic rings. The molecule has 0 atom stereocenters.